The van der Waals surface area contributed by atoms with Crippen LogP contribution < -0.4 is 16.0 Å². The molecule has 1 spiro atoms. The first kappa shape index (κ1) is 12.8. The molecule has 4 amide bonds. The summed E-state index contributed by atoms with van der Waals surface area (Å²) in [6.07, 6.45) is 1.79. The Labute approximate surface area is 125 Å². The molecule has 0 atom stereocenters. The van der Waals surface area contributed by atoms with Crippen LogP contribution in [0, 0.1) is 0 Å². The Bertz CT molecular complexity index is 804. The van der Waals surface area contributed by atoms with Crippen LogP contribution in [0.3, 0.4) is 0 Å². The number of rotatable bonds is 0. The first-order chi connectivity index (χ1) is 10.6. The van der Waals surface area contributed by atoms with Gasteiger partial charge in [0.25, 0.3) is 11.8 Å². The van der Waals surface area contributed by atoms with Crippen molar-refractivity contribution < 1.29 is 14.4 Å². The molecule has 1 saturated heterocycles. The Hall–Kier alpha value is -2.93. The van der Waals surface area contributed by atoms with E-state index in [0.29, 0.717) is 12.2 Å². The molecule has 2 aliphatic heterocycles. The van der Waals surface area contributed by atoms with Gasteiger partial charge in [-0.25, -0.2) is 4.79 Å². The van der Waals surface area contributed by atoms with Crippen LogP contribution in [-0.4, -0.2) is 22.4 Å². The maximum absolute atomic E-state index is 12.5. The van der Waals surface area contributed by atoms with Crippen LogP contribution in [0.15, 0.2) is 42.6 Å². The largest absolute Gasteiger partial charge is 0.328 e. The van der Waals surface area contributed by atoms with Crippen molar-refractivity contribution in [2.45, 2.75) is 12.1 Å². The van der Waals surface area contributed by atoms with E-state index >= 15 is 0 Å². The number of carbonyl (C=O) groups is 3. The van der Waals surface area contributed by atoms with E-state index in [1.165, 1.54) is 0 Å². The number of hydrogen-bond donors (Lipinski definition) is 3. The topological polar surface area (TPSA) is 92.2 Å². The number of benzene rings is 1. The summed E-state index contributed by atoms with van der Waals surface area (Å²) in [6, 6.07) is 10.3. The van der Waals surface area contributed by atoms with Gasteiger partial charge in [-0.1, -0.05) is 18.2 Å². The predicted octanol–water partition coefficient (Wildman–Crippen LogP) is 0.142. The van der Waals surface area contributed by atoms with Crippen molar-refractivity contribution in [3.8, 4) is 5.69 Å². The van der Waals surface area contributed by atoms with Crippen LogP contribution >= 0.6 is 0 Å². The molecule has 2 aliphatic rings. The van der Waals surface area contributed by atoms with Crippen molar-refractivity contribution >= 4 is 17.8 Å². The van der Waals surface area contributed by atoms with Crippen molar-refractivity contribution in [3.63, 3.8) is 0 Å². The molecule has 1 aromatic carbocycles. The molecular formula is C15H12N4O3. The third-order valence-electron chi connectivity index (χ3n) is 4.06. The molecule has 22 heavy (non-hydrogen) atoms. The third kappa shape index (κ3) is 1.51. The highest BCUT2D eigenvalue weighted by Gasteiger charge is 2.54. The SMILES string of the molecule is O=C1NC(=O)C2(NCc3ccccc3-n3cccc32)C(=O)N1. The molecular weight excluding hydrogens is 284 g/mol. The maximum Gasteiger partial charge on any atom is 0.328 e. The third-order valence-corrected chi connectivity index (χ3v) is 4.06. The van der Waals surface area contributed by atoms with Crippen LogP contribution in [0.25, 0.3) is 5.69 Å². The van der Waals surface area contributed by atoms with E-state index < -0.39 is 23.4 Å². The molecule has 4 rings (SSSR count). The van der Waals surface area contributed by atoms with E-state index in [1.54, 1.807) is 22.9 Å². The quantitative estimate of drug-likeness (QED) is 0.603. The second-order valence-corrected chi connectivity index (χ2v) is 5.23. The Morgan fingerprint density at radius 2 is 1.68 bits per heavy atom. The number of nitrogens with one attached hydrogen (secondary N) is 3. The standard InChI is InChI=1S/C15H12N4O3/c20-12-15(13(21)18-14(22)17-12)11-6-3-7-19(11)10-5-2-1-4-9(10)8-16-15/h1-7,16H,8H2,(H2,17,18,20,21,22). The highest BCUT2D eigenvalue weighted by Crippen LogP contribution is 2.32. The lowest BCUT2D eigenvalue weighted by Gasteiger charge is -2.33. The summed E-state index contributed by atoms with van der Waals surface area (Å²) in [5, 5.41) is 7.36. The minimum atomic E-state index is -1.63. The molecule has 0 aliphatic carbocycles. The van der Waals surface area contributed by atoms with Crippen molar-refractivity contribution in [2.24, 2.45) is 0 Å². The fraction of sp³-hybridized carbons (Fsp3) is 0.133. The number of carbonyl (C=O) groups excluding carboxylic acids is 3. The summed E-state index contributed by atoms with van der Waals surface area (Å²) in [6.45, 7) is 0.326. The smallest absolute Gasteiger partial charge is 0.318 e. The zero-order valence-electron chi connectivity index (χ0n) is 11.4. The van der Waals surface area contributed by atoms with Crippen LogP contribution in [-0.2, 0) is 21.7 Å². The van der Waals surface area contributed by atoms with Gasteiger partial charge in [-0.3, -0.25) is 25.5 Å². The monoisotopic (exact) mass is 296 g/mol. The molecule has 0 bridgehead atoms. The second-order valence-electron chi connectivity index (χ2n) is 5.23. The lowest BCUT2D eigenvalue weighted by Crippen LogP contribution is -2.70. The number of urea groups is 1. The first-order valence-corrected chi connectivity index (χ1v) is 6.81. The number of aromatic nitrogens is 1. The van der Waals surface area contributed by atoms with Crippen LogP contribution in [0.1, 0.15) is 11.3 Å². The van der Waals surface area contributed by atoms with Gasteiger partial charge in [-0.15, -0.1) is 0 Å². The zero-order chi connectivity index (χ0) is 15.3. The van der Waals surface area contributed by atoms with Gasteiger partial charge in [0.15, 0.2) is 0 Å². The molecule has 3 N–H and O–H groups in total. The van der Waals surface area contributed by atoms with Gasteiger partial charge in [-0.2, -0.15) is 0 Å². The number of imide groups is 2. The summed E-state index contributed by atoms with van der Waals surface area (Å²) in [5.74, 6) is -1.34. The molecule has 3 heterocycles. The van der Waals surface area contributed by atoms with E-state index in [1.807, 2.05) is 24.3 Å². The fourth-order valence-corrected chi connectivity index (χ4v) is 3.03. The minimum Gasteiger partial charge on any atom is -0.318 e. The van der Waals surface area contributed by atoms with Gasteiger partial charge in [0.05, 0.1) is 5.69 Å². The van der Waals surface area contributed by atoms with Crippen molar-refractivity contribution in [1.29, 1.82) is 0 Å². The highest BCUT2D eigenvalue weighted by molar-refractivity contribution is 6.22. The van der Waals surface area contributed by atoms with Crippen LogP contribution in [0.4, 0.5) is 4.79 Å². The van der Waals surface area contributed by atoms with Crippen molar-refractivity contribution in [2.75, 3.05) is 0 Å². The Morgan fingerprint density at radius 3 is 2.45 bits per heavy atom. The molecule has 7 nitrogen and oxygen atoms in total. The van der Waals surface area contributed by atoms with Gasteiger partial charge in [0.2, 0.25) is 5.54 Å². The van der Waals surface area contributed by atoms with E-state index in [-0.39, 0.29) is 0 Å². The highest BCUT2D eigenvalue weighted by atomic mass is 16.2. The minimum absolute atomic E-state index is 0.326. The summed E-state index contributed by atoms with van der Waals surface area (Å²) >= 11 is 0. The van der Waals surface area contributed by atoms with Crippen LogP contribution in [0.2, 0.25) is 0 Å². The number of hydrogen-bond acceptors (Lipinski definition) is 4. The molecule has 1 aromatic heterocycles. The number of barbiturate groups is 1. The van der Waals surface area contributed by atoms with E-state index in [4.69, 9.17) is 0 Å². The Morgan fingerprint density at radius 1 is 0.955 bits per heavy atom. The normalized spacial score (nSPS) is 19.0. The van der Waals surface area contributed by atoms with Gasteiger partial charge >= 0.3 is 6.03 Å². The number of para-hydroxylation sites is 1. The molecule has 0 saturated carbocycles. The van der Waals surface area contributed by atoms with E-state index in [0.717, 1.165) is 11.3 Å². The first-order valence-electron chi connectivity index (χ1n) is 6.81. The van der Waals surface area contributed by atoms with Gasteiger partial charge < -0.3 is 4.57 Å². The fourth-order valence-electron chi connectivity index (χ4n) is 3.03. The number of nitrogens with zero attached hydrogens (tertiary/aromatic N) is 1. The van der Waals surface area contributed by atoms with Crippen LogP contribution in [0.5, 0.6) is 0 Å². The Kier molecular flexibility index (Phi) is 2.49. The average Bonchev–Trinajstić information content (AvgIpc) is 2.92. The summed E-state index contributed by atoms with van der Waals surface area (Å²) < 4.78 is 1.80. The zero-order valence-corrected chi connectivity index (χ0v) is 11.4. The van der Waals surface area contributed by atoms with Gasteiger partial charge in [0.1, 0.15) is 0 Å². The van der Waals surface area contributed by atoms with E-state index in [9.17, 15) is 14.4 Å². The van der Waals surface area contributed by atoms with Crippen molar-refractivity contribution in [3.05, 3.63) is 53.9 Å². The lowest BCUT2D eigenvalue weighted by atomic mass is 9.91. The molecule has 2 aromatic rings. The second kappa shape index (κ2) is 4.28. The molecule has 7 heteroatoms. The number of fused-ring (bicyclic) bond motifs is 4. The van der Waals surface area contributed by atoms with Crippen molar-refractivity contribution in [1.82, 2.24) is 20.5 Å². The maximum atomic E-state index is 12.5. The molecule has 0 radical (unpaired) electrons. The predicted molar refractivity (Wildman–Crippen MR) is 76.0 cm³/mol. The number of amides is 4. The molecule has 0 unspecified atom stereocenters. The summed E-state index contributed by atoms with van der Waals surface area (Å²) in [4.78, 5) is 36.3. The summed E-state index contributed by atoms with van der Waals surface area (Å²) in [7, 11) is 0. The van der Waals surface area contributed by atoms with E-state index in [2.05, 4.69) is 16.0 Å². The average molecular weight is 296 g/mol. The van der Waals surface area contributed by atoms with Gasteiger partial charge in [0, 0.05) is 18.4 Å². The molecule has 1 fully saturated rings. The summed E-state index contributed by atoms with van der Waals surface area (Å²) in [5.41, 5.74) is 0.690. The van der Waals surface area contributed by atoms with Gasteiger partial charge in [-0.05, 0) is 23.8 Å². The lowest BCUT2D eigenvalue weighted by molar-refractivity contribution is -0.140. The molecule has 110 valence electrons. The Balaban J connectivity index is 1.97.